The van der Waals surface area contributed by atoms with Crippen molar-refractivity contribution in [3.8, 4) is 11.6 Å². The van der Waals surface area contributed by atoms with Crippen molar-refractivity contribution in [2.45, 2.75) is 26.2 Å². The fourth-order valence-corrected chi connectivity index (χ4v) is 2.82. The van der Waals surface area contributed by atoms with Gasteiger partial charge in [0.2, 0.25) is 11.7 Å². The zero-order valence-corrected chi connectivity index (χ0v) is 17.7. The summed E-state index contributed by atoms with van der Waals surface area (Å²) in [7, 11) is 0. The highest BCUT2D eigenvalue weighted by Gasteiger charge is 2.25. The number of carbonyl (C=O) groups is 1. The Morgan fingerprint density at radius 1 is 1.00 bits per heavy atom. The summed E-state index contributed by atoms with van der Waals surface area (Å²) < 4.78 is 5.58. The van der Waals surface area contributed by atoms with E-state index in [1.54, 1.807) is 12.1 Å². The summed E-state index contributed by atoms with van der Waals surface area (Å²) in [5.74, 6) is -0.420. The number of amides is 1. The molecule has 0 spiro atoms. The van der Waals surface area contributed by atoms with Crippen LogP contribution in [0.4, 0.5) is 17.2 Å². The summed E-state index contributed by atoms with van der Waals surface area (Å²) in [6.07, 6.45) is 0.949. The smallest absolute Gasteiger partial charge is 0.374 e. The number of benzene rings is 2. The third-order valence-electron chi connectivity index (χ3n) is 4.56. The number of hydrazine groups is 1. The Balaban J connectivity index is 1.70. The Morgan fingerprint density at radius 3 is 2.24 bits per heavy atom. The van der Waals surface area contributed by atoms with Gasteiger partial charge < -0.3 is 4.74 Å². The number of nitrogens with zero attached hydrogens (tertiary/aromatic N) is 4. The highest BCUT2D eigenvalue weighted by atomic mass is 16.6. The number of carbonyl (C=O) groups excluding carboxylic acids is 1. The van der Waals surface area contributed by atoms with Crippen LogP contribution in [0.3, 0.4) is 0 Å². The summed E-state index contributed by atoms with van der Waals surface area (Å²) in [6, 6.07) is 12.5. The highest BCUT2D eigenvalue weighted by molar-refractivity contribution is 5.80. The minimum atomic E-state index is -0.720. The van der Waals surface area contributed by atoms with Crippen molar-refractivity contribution >= 4 is 23.1 Å². The summed E-state index contributed by atoms with van der Waals surface area (Å²) in [6.45, 7) is 4.08. The van der Waals surface area contributed by atoms with Crippen molar-refractivity contribution in [1.29, 1.82) is 0 Å². The summed E-state index contributed by atoms with van der Waals surface area (Å²) in [4.78, 5) is 40.9. The molecule has 1 aromatic heterocycles. The Kier molecular flexibility index (Phi) is 7.08. The maximum Gasteiger partial charge on any atom is 0.374 e. The second-order valence-electron chi connectivity index (χ2n) is 7.23. The van der Waals surface area contributed by atoms with Crippen molar-refractivity contribution in [2.24, 2.45) is 0 Å². The van der Waals surface area contributed by atoms with Gasteiger partial charge in [0, 0.05) is 12.1 Å². The molecule has 0 aliphatic heterocycles. The van der Waals surface area contributed by atoms with Crippen molar-refractivity contribution in [2.75, 3.05) is 5.43 Å². The van der Waals surface area contributed by atoms with Crippen LogP contribution >= 0.6 is 0 Å². The summed E-state index contributed by atoms with van der Waals surface area (Å²) >= 11 is 0. The van der Waals surface area contributed by atoms with E-state index in [1.165, 1.54) is 24.3 Å². The number of hydrogen-bond donors (Lipinski definition) is 2. The van der Waals surface area contributed by atoms with Crippen LogP contribution in [0.15, 0.2) is 54.9 Å². The number of anilines is 1. The van der Waals surface area contributed by atoms with Gasteiger partial charge in [-0.1, -0.05) is 38.1 Å². The lowest BCUT2D eigenvalue weighted by atomic mass is 10.0. The van der Waals surface area contributed by atoms with Gasteiger partial charge in [0.25, 0.3) is 5.69 Å². The molecule has 170 valence electrons. The lowest BCUT2D eigenvalue weighted by molar-refractivity contribution is -0.385. The molecule has 12 nitrogen and oxygen atoms in total. The van der Waals surface area contributed by atoms with Gasteiger partial charge in [0.1, 0.15) is 12.1 Å². The number of hydrogen-bond acceptors (Lipinski definition) is 9. The van der Waals surface area contributed by atoms with Gasteiger partial charge >= 0.3 is 11.6 Å². The number of ether oxygens (including phenoxy) is 1. The average molecular weight is 452 g/mol. The number of nitrogens with one attached hydrogen (secondary N) is 2. The Labute approximate surface area is 187 Å². The van der Waals surface area contributed by atoms with E-state index < -0.39 is 21.4 Å². The first kappa shape index (κ1) is 23.1. The van der Waals surface area contributed by atoms with Gasteiger partial charge in [-0.3, -0.25) is 35.9 Å². The predicted octanol–water partition coefficient (Wildman–Crippen LogP) is 3.89. The normalized spacial score (nSPS) is 10.5. The lowest BCUT2D eigenvalue weighted by Gasteiger charge is -2.11. The van der Waals surface area contributed by atoms with Gasteiger partial charge in [-0.05, 0) is 29.2 Å². The average Bonchev–Trinajstić information content (AvgIpc) is 2.78. The van der Waals surface area contributed by atoms with Crippen molar-refractivity contribution in [3.05, 3.63) is 86.2 Å². The van der Waals surface area contributed by atoms with E-state index >= 15 is 0 Å². The molecule has 0 atom stereocenters. The van der Waals surface area contributed by atoms with Crippen LogP contribution in [0.1, 0.15) is 30.9 Å². The maximum absolute atomic E-state index is 12.2. The van der Waals surface area contributed by atoms with Crippen LogP contribution in [0.5, 0.6) is 11.6 Å². The maximum atomic E-state index is 12.2. The van der Waals surface area contributed by atoms with Crippen LogP contribution in [-0.2, 0) is 11.2 Å². The molecule has 0 fully saturated rings. The number of nitro groups is 2. The van der Waals surface area contributed by atoms with E-state index in [9.17, 15) is 25.0 Å². The van der Waals surface area contributed by atoms with Crippen molar-refractivity contribution < 1.29 is 19.4 Å². The van der Waals surface area contributed by atoms with Gasteiger partial charge in [-0.25, -0.2) is 4.98 Å². The molecular formula is C21H20N6O6. The van der Waals surface area contributed by atoms with Gasteiger partial charge in [-0.2, -0.15) is 4.98 Å². The monoisotopic (exact) mass is 452 g/mol. The first-order valence-electron chi connectivity index (χ1n) is 9.80. The zero-order valence-electron chi connectivity index (χ0n) is 17.7. The molecule has 1 amide bonds. The predicted molar refractivity (Wildman–Crippen MR) is 118 cm³/mol. The van der Waals surface area contributed by atoms with Crippen molar-refractivity contribution in [3.63, 3.8) is 0 Å². The molecule has 33 heavy (non-hydrogen) atoms. The largest absolute Gasteiger partial charge is 0.434 e. The van der Waals surface area contributed by atoms with Gasteiger partial charge in [0.15, 0.2) is 0 Å². The highest BCUT2D eigenvalue weighted by Crippen LogP contribution is 2.34. The van der Waals surface area contributed by atoms with Crippen LogP contribution in [0, 0.1) is 20.2 Å². The minimum Gasteiger partial charge on any atom is -0.434 e. The number of nitro benzene ring substituents is 1. The standard InChI is InChI=1S/C21H20N6O6/c1-13(2)15-5-9-17(10-6-15)33-21-19(27(31)32)20(22-12-23-21)25-24-18(28)11-14-3-7-16(8-4-14)26(29)30/h3-10,12-13H,11H2,1-2H3,(H,24,28)(H,22,23,25). The molecule has 0 radical (unpaired) electrons. The van der Waals surface area contributed by atoms with Crippen LogP contribution in [-0.4, -0.2) is 25.7 Å². The van der Waals surface area contributed by atoms with E-state index in [0.29, 0.717) is 17.2 Å². The van der Waals surface area contributed by atoms with Crippen LogP contribution < -0.4 is 15.6 Å². The Morgan fingerprint density at radius 2 is 1.67 bits per heavy atom. The Hall–Kier alpha value is -4.61. The topological polar surface area (TPSA) is 162 Å². The number of aromatic nitrogens is 2. The fourth-order valence-electron chi connectivity index (χ4n) is 2.82. The third kappa shape index (κ3) is 5.97. The fraction of sp³-hybridized carbons (Fsp3) is 0.190. The van der Waals surface area contributed by atoms with Crippen LogP contribution in [0.25, 0.3) is 0 Å². The van der Waals surface area contributed by atoms with E-state index in [4.69, 9.17) is 4.74 Å². The lowest BCUT2D eigenvalue weighted by Crippen LogP contribution is -2.31. The van der Waals surface area contributed by atoms with Crippen molar-refractivity contribution in [1.82, 2.24) is 15.4 Å². The first-order chi connectivity index (χ1) is 15.7. The molecule has 0 aliphatic carbocycles. The molecule has 3 rings (SSSR count). The molecular weight excluding hydrogens is 432 g/mol. The van der Waals surface area contributed by atoms with E-state index in [1.807, 2.05) is 26.0 Å². The third-order valence-corrected chi connectivity index (χ3v) is 4.56. The SMILES string of the molecule is CC(C)c1ccc(Oc2ncnc(NNC(=O)Cc3ccc([N+](=O)[O-])cc3)c2[N+](=O)[O-])cc1. The van der Waals surface area contributed by atoms with E-state index in [2.05, 4.69) is 20.8 Å². The molecule has 12 heteroatoms. The molecule has 0 bridgehead atoms. The molecule has 2 aromatic carbocycles. The minimum absolute atomic E-state index is 0.0970. The van der Waals surface area contributed by atoms with E-state index in [0.717, 1.165) is 11.9 Å². The van der Waals surface area contributed by atoms with Gasteiger partial charge in [0.05, 0.1) is 16.3 Å². The molecule has 0 aliphatic rings. The molecule has 0 saturated carbocycles. The molecule has 1 heterocycles. The second kappa shape index (κ2) is 10.1. The zero-order chi connectivity index (χ0) is 24.0. The molecule has 0 saturated heterocycles. The molecule has 0 unspecified atom stereocenters. The van der Waals surface area contributed by atoms with Crippen LogP contribution in [0.2, 0.25) is 0 Å². The molecule has 2 N–H and O–H groups in total. The molecule has 3 aromatic rings. The second-order valence-corrected chi connectivity index (χ2v) is 7.23. The van der Waals surface area contributed by atoms with Gasteiger partial charge in [-0.15, -0.1) is 0 Å². The quantitative estimate of drug-likeness (QED) is 0.362. The number of rotatable bonds is 9. The Bertz CT molecular complexity index is 1160. The summed E-state index contributed by atoms with van der Waals surface area (Å²) in [5, 5.41) is 22.3. The number of non-ortho nitro benzene ring substituents is 1. The first-order valence-corrected chi connectivity index (χ1v) is 9.80. The summed E-state index contributed by atoms with van der Waals surface area (Å²) in [5.41, 5.74) is 5.68. The van der Waals surface area contributed by atoms with E-state index in [-0.39, 0.29) is 23.8 Å².